The smallest absolute Gasteiger partial charge is 0.243 e. The zero-order valence-corrected chi connectivity index (χ0v) is 22.2. The summed E-state index contributed by atoms with van der Waals surface area (Å²) >= 11 is 6.09. The minimum atomic E-state index is -3.77. The summed E-state index contributed by atoms with van der Waals surface area (Å²) in [6.07, 6.45) is 0.991. The topological polar surface area (TPSA) is 132 Å². The molecule has 1 amide bonds. The first-order chi connectivity index (χ1) is 17.0. The monoisotopic (exact) mass is 561 g/mol. The summed E-state index contributed by atoms with van der Waals surface area (Å²) in [7, 11) is -5.92. The number of amides is 1. The second-order valence-corrected chi connectivity index (χ2v) is 12.0. The van der Waals surface area contributed by atoms with E-state index in [1.54, 1.807) is 0 Å². The van der Waals surface area contributed by atoms with Gasteiger partial charge in [0.05, 0.1) is 48.7 Å². The van der Waals surface area contributed by atoms with Crippen LogP contribution in [0.2, 0.25) is 5.02 Å². The summed E-state index contributed by atoms with van der Waals surface area (Å²) in [5, 5.41) is 2.81. The molecule has 0 aliphatic carbocycles. The highest BCUT2D eigenvalue weighted by atomic mass is 35.5. The number of ether oxygens (including phenoxy) is 3. The maximum absolute atomic E-state index is 12.7. The maximum Gasteiger partial charge on any atom is 0.243 e. The van der Waals surface area contributed by atoms with Crippen LogP contribution in [0, 0.1) is 0 Å². The van der Waals surface area contributed by atoms with Gasteiger partial charge in [-0.1, -0.05) is 11.6 Å². The van der Waals surface area contributed by atoms with E-state index >= 15 is 0 Å². The Morgan fingerprint density at radius 3 is 2.36 bits per heavy atom. The van der Waals surface area contributed by atoms with Crippen LogP contribution in [0.4, 0.5) is 5.69 Å². The molecule has 11 nitrogen and oxygen atoms in total. The lowest BCUT2D eigenvalue weighted by Gasteiger charge is -2.26. The van der Waals surface area contributed by atoms with Crippen molar-refractivity contribution in [2.45, 2.75) is 4.90 Å². The van der Waals surface area contributed by atoms with E-state index in [4.69, 9.17) is 25.8 Å². The van der Waals surface area contributed by atoms with Gasteiger partial charge in [0.2, 0.25) is 26.0 Å². The largest absolute Gasteiger partial charge is 0.495 e. The number of hydrogen-bond acceptors (Lipinski definition) is 8. The molecule has 0 spiro atoms. The normalized spacial score (nSPS) is 14.8. The number of nitrogens with zero attached hydrogens (tertiary/aromatic N) is 2. The van der Waals surface area contributed by atoms with Crippen molar-refractivity contribution in [2.24, 2.45) is 0 Å². The van der Waals surface area contributed by atoms with E-state index in [9.17, 15) is 21.6 Å². The molecule has 198 valence electrons. The molecule has 1 N–H and O–H groups in total. The molecule has 0 aromatic heterocycles. The Morgan fingerprint density at radius 2 is 1.78 bits per heavy atom. The van der Waals surface area contributed by atoms with Crippen LogP contribution in [0.15, 0.2) is 47.4 Å². The van der Waals surface area contributed by atoms with Crippen molar-refractivity contribution in [1.82, 2.24) is 9.62 Å². The zero-order valence-electron chi connectivity index (χ0n) is 19.8. The molecule has 1 heterocycles. The lowest BCUT2D eigenvalue weighted by atomic mass is 10.3. The van der Waals surface area contributed by atoms with Gasteiger partial charge in [-0.25, -0.2) is 16.8 Å². The third kappa shape index (κ3) is 7.23. The summed E-state index contributed by atoms with van der Waals surface area (Å²) in [6.45, 7) is 1.09. The summed E-state index contributed by atoms with van der Waals surface area (Å²) in [4.78, 5) is 12.5. The van der Waals surface area contributed by atoms with Crippen molar-refractivity contribution in [3.05, 3.63) is 47.5 Å². The Kier molecular flexibility index (Phi) is 9.41. The van der Waals surface area contributed by atoms with Gasteiger partial charge < -0.3 is 19.5 Å². The van der Waals surface area contributed by atoms with Gasteiger partial charge >= 0.3 is 0 Å². The van der Waals surface area contributed by atoms with E-state index in [2.05, 4.69) is 5.32 Å². The second kappa shape index (κ2) is 12.1. The first kappa shape index (κ1) is 28.0. The van der Waals surface area contributed by atoms with Gasteiger partial charge in [-0.05, 0) is 42.5 Å². The van der Waals surface area contributed by atoms with Crippen molar-refractivity contribution in [2.75, 3.05) is 63.7 Å². The number of anilines is 1. The first-order valence-electron chi connectivity index (χ1n) is 10.9. The molecular formula is C22H28ClN3O8S2. The number of morpholine rings is 1. The molecule has 14 heteroatoms. The van der Waals surface area contributed by atoms with Crippen LogP contribution >= 0.6 is 11.6 Å². The van der Waals surface area contributed by atoms with Crippen molar-refractivity contribution in [1.29, 1.82) is 0 Å². The fraction of sp³-hybridized carbons (Fsp3) is 0.409. The number of benzene rings is 2. The third-order valence-corrected chi connectivity index (χ3v) is 8.58. The van der Waals surface area contributed by atoms with E-state index in [1.807, 2.05) is 0 Å². The molecule has 1 saturated heterocycles. The van der Waals surface area contributed by atoms with E-state index in [0.717, 1.165) is 10.6 Å². The standard InChI is InChI=1S/C22H28ClN3O8S2/c1-32-21-8-3-17(15-20(21)23)26(35(2,28)29)16-22(27)24-9-12-34-18-4-6-19(7-5-18)36(30,31)25-10-13-33-14-11-25/h3-8,15H,9-14,16H2,1-2H3,(H,24,27). The quantitative estimate of drug-likeness (QED) is 0.406. The van der Waals surface area contributed by atoms with Crippen molar-refractivity contribution in [3.8, 4) is 11.5 Å². The SMILES string of the molecule is COc1ccc(N(CC(=O)NCCOc2ccc(S(=O)(=O)N3CCOCC3)cc2)S(C)(=O)=O)cc1Cl. The summed E-state index contributed by atoms with van der Waals surface area (Å²) in [5.74, 6) is 0.265. The van der Waals surface area contributed by atoms with E-state index in [0.29, 0.717) is 37.8 Å². The van der Waals surface area contributed by atoms with Gasteiger partial charge in [0.25, 0.3) is 0 Å². The number of carbonyl (C=O) groups is 1. The summed E-state index contributed by atoms with van der Waals surface area (Å²) < 4.78 is 68.0. The highest BCUT2D eigenvalue weighted by Gasteiger charge is 2.26. The maximum atomic E-state index is 12.7. The Bertz CT molecular complexity index is 1260. The highest BCUT2D eigenvalue weighted by molar-refractivity contribution is 7.92. The average Bonchev–Trinajstić information content (AvgIpc) is 2.85. The number of rotatable bonds is 11. The molecule has 0 unspecified atom stereocenters. The van der Waals surface area contributed by atoms with Gasteiger partial charge in [-0.2, -0.15) is 4.31 Å². The van der Waals surface area contributed by atoms with Crippen LogP contribution < -0.4 is 19.1 Å². The molecule has 1 fully saturated rings. The number of methoxy groups -OCH3 is 1. The predicted octanol–water partition coefficient (Wildman–Crippen LogP) is 1.33. The van der Waals surface area contributed by atoms with Gasteiger partial charge in [-0.3, -0.25) is 9.10 Å². The second-order valence-electron chi connectivity index (χ2n) is 7.77. The minimum absolute atomic E-state index is 0.0918. The van der Waals surface area contributed by atoms with E-state index in [1.165, 1.54) is 53.9 Å². The fourth-order valence-electron chi connectivity index (χ4n) is 3.40. The van der Waals surface area contributed by atoms with Crippen LogP contribution in [-0.2, 0) is 29.6 Å². The molecule has 3 rings (SSSR count). The van der Waals surface area contributed by atoms with Crippen LogP contribution in [-0.4, -0.2) is 86.4 Å². The van der Waals surface area contributed by atoms with Crippen LogP contribution in [0.3, 0.4) is 0 Å². The van der Waals surface area contributed by atoms with E-state index < -0.39 is 32.5 Å². The molecule has 0 saturated carbocycles. The van der Waals surface area contributed by atoms with Crippen LogP contribution in [0.5, 0.6) is 11.5 Å². The van der Waals surface area contributed by atoms with Gasteiger partial charge in [0, 0.05) is 13.1 Å². The van der Waals surface area contributed by atoms with Gasteiger partial charge in [-0.15, -0.1) is 0 Å². The number of carbonyl (C=O) groups excluding carboxylic acids is 1. The Morgan fingerprint density at radius 1 is 1.11 bits per heavy atom. The molecule has 36 heavy (non-hydrogen) atoms. The highest BCUT2D eigenvalue weighted by Crippen LogP contribution is 2.30. The molecular weight excluding hydrogens is 534 g/mol. The first-order valence-corrected chi connectivity index (χ1v) is 14.6. The molecule has 2 aromatic rings. The third-order valence-electron chi connectivity index (χ3n) is 5.24. The Balaban J connectivity index is 1.51. The summed E-state index contributed by atoms with van der Waals surface area (Å²) in [5.41, 5.74) is 0.224. The number of nitrogens with one attached hydrogen (secondary N) is 1. The molecule has 0 atom stereocenters. The zero-order chi connectivity index (χ0) is 26.3. The molecule has 1 aliphatic rings. The Hall–Kier alpha value is -2.58. The van der Waals surface area contributed by atoms with Crippen molar-refractivity contribution < 1.29 is 35.8 Å². The molecule has 2 aromatic carbocycles. The number of hydrogen-bond donors (Lipinski definition) is 1. The van der Waals surface area contributed by atoms with E-state index in [-0.39, 0.29) is 28.8 Å². The average molecular weight is 562 g/mol. The van der Waals surface area contributed by atoms with Gasteiger partial charge in [0.15, 0.2) is 0 Å². The summed E-state index contributed by atoms with van der Waals surface area (Å²) in [6, 6.07) is 10.4. The molecule has 0 bridgehead atoms. The van der Waals surface area contributed by atoms with Crippen molar-refractivity contribution in [3.63, 3.8) is 0 Å². The molecule has 1 aliphatic heterocycles. The number of halogens is 1. The number of sulfonamides is 2. The van der Waals surface area contributed by atoms with Crippen LogP contribution in [0.1, 0.15) is 0 Å². The van der Waals surface area contributed by atoms with Crippen molar-refractivity contribution >= 4 is 43.2 Å². The molecule has 0 radical (unpaired) electrons. The fourth-order valence-corrected chi connectivity index (χ4v) is 5.91. The lowest BCUT2D eigenvalue weighted by Crippen LogP contribution is -2.41. The van der Waals surface area contributed by atoms with Crippen LogP contribution in [0.25, 0.3) is 0 Å². The van der Waals surface area contributed by atoms with Gasteiger partial charge in [0.1, 0.15) is 24.7 Å². The minimum Gasteiger partial charge on any atom is -0.495 e. The lowest BCUT2D eigenvalue weighted by molar-refractivity contribution is -0.119. The predicted molar refractivity (Wildman–Crippen MR) is 135 cm³/mol. The Labute approximate surface area is 216 Å².